The number of hydrogen-bond donors (Lipinski definition) is 2. The number of H-pyrrole nitrogens is 2. The van der Waals surface area contributed by atoms with E-state index in [1.807, 2.05) is 0 Å². The normalized spacial score (nSPS) is 10.9. The van der Waals surface area contributed by atoms with Gasteiger partial charge in [-0.05, 0) is 42.1 Å². The lowest BCUT2D eigenvalue weighted by Crippen LogP contribution is -1.92. The number of nitro groups is 1. The standard InChI is InChI=1S/C9H7N5O2S2/c15-14(16)7-3-1-6(2-4-7)5-10-13-8(17)11-12-9(13)18/h1-5H,(H,11,17)(H,12,18)/b10-5-. The van der Waals surface area contributed by atoms with E-state index < -0.39 is 4.92 Å². The highest BCUT2D eigenvalue weighted by molar-refractivity contribution is 7.72. The molecule has 2 aromatic rings. The zero-order valence-corrected chi connectivity index (χ0v) is 10.5. The Bertz CT molecular complexity index is 682. The number of hydrogen-bond acceptors (Lipinski definition) is 5. The van der Waals surface area contributed by atoms with Gasteiger partial charge in [0.15, 0.2) is 0 Å². The monoisotopic (exact) mass is 281 g/mol. The molecule has 9 heteroatoms. The minimum absolute atomic E-state index is 0.0303. The maximum absolute atomic E-state index is 10.5. The summed E-state index contributed by atoms with van der Waals surface area (Å²) in [6.45, 7) is 0. The first-order valence-electron chi connectivity index (χ1n) is 4.76. The lowest BCUT2D eigenvalue weighted by Gasteiger charge is -1.93. The highest BCUT2D eigenvalue weighted by Crippen LogP contribution is 2.10. The maximum atomic E-state index is 10.5. The quantitative estimate of drug-likeness (QED) is 0.391. The van der Waals surface area contributed by atoms with E-state index >= 15 is 0 Å². The van der Waals surface area contributed by atoms with Gasteiger partial charge in [-0.2, -0.15) is 9.78 Å². The summed E-state index contributed by atoms with van der Waals surface area (Å²) >= 11 is 9.90. The SMILES string of the molecule is O=[N+]([O-])c1ccc(/C=N\n2c(=S)[nH][nH]c2=S)cc1. The van der Waals surface area contributed by atoms with E-state index in [2.05, 4.69) is 15.3 Å². The molecule has 2 N–H and O–H groups in total. The average molecular weight is 281 g/mol. The Balaban J connectivity index is 2.27. The molecule has 0 aliphatic carbocycles. The Morgan fingerprint density at radius 2 is 1.78 bits per heavy atom. The lowest BCUT2D eigenvalue weighted by atomic mass is 10.2. The summed E-state index contributed by atoms with van der Waals surface area (Å²) in [5, 5.41) is 19.8. The molecule has 0 bridgehead atoms. The van der Waals surface area contributed by atoms with Crippen LogP contribution in [0.1, 0.15) is 5.56 Å². The molecule has 0 saturated heterocycles. The molecule has 7 nitrogen and oxygen atoms in total. The Labute approximate surface area is 111 Å². The molecule has 0 amide bonds. The van der Waals surface area contributed by atoms with Crippen molar-refractivity contribution in [2.24, 2.45) is 5.10 Å². The topological polar surface area (TPSA) is 92.0 Å². The summed E-state index contributed by atoms with van der Waals surface area (Å²) in [6.07, 6.45) is 1.51. The summed E-state index contributed by atoms with van der Waals surface area (Å²) in [5.41, 5.74) is 0.737. The minimum Gasteiger partial charge on any atom is -0.273 e. The van der Waals surface area contributed by atoms with E-state index in [-0.39, 0.29) is 5.69 Å². The molecule has 0 radical (unpaired) electrons. The summed E-state index contributed by atoms with van der Waals surface area (Å²) in [4.78, 5) is 10.0. The minimum atomic E-state index is -0.459. The van der Waals surface area contributed by atoms with Crippen molar-refractivity contribution in [2.45, 2.75) is 0 Å². The van der Waals surface area contributed by atoms with Gasteiger partial charge in [0.2, 0.25) is 9.54 Å². The molecule has 0 unspecified atom stereocenters. The van der Waals surface area contributed by atoms with E-state index in [1.54, 1.807) is 12.1 Å². The van der Waals surface area contributed by atoms with Crippen LogP contribution >= 0.6 is 24.4 Å². The second kappa shape index (κ2) is 5.02. The second-order valence-corrected chi connectivity index (χ2v) is 4.04. The molecule has 1 heterocycles. The number of benzene rings is 1. The van der Waals surface area contributed by atoms with Gasteiger partial charge in [-0.1, -0.05) is 0 Å². The Hall–Kier alpha value is -2.13. The predicted molar refractivity (Wildman–Crippen MR) is 70.9 cm³/mol. The van der Waals surface area contributed by atoms with E-state index in [0.717, 1.165) is 0 Å². The fourth-order valence-electron chi connectivity index (χ4n) is 1.22. The van der Waals surface area contributed by atoms with Crippen LogP contribution in [0.5, 0.6) is 0 Å². The first-order chi connectivity index (χ1) is 8.58. The molecule has 0 aliphatic rings. The van der Waals surface area contributed by atoms with Gasteiger partial charge < -0.3 is 0 Å². The van der Waals surface area contributed by atoms with Crippen LogP contribution in [0.3, 0.4) is 0 Å². The molecule has 1 aromatic carbocycles. The van der Waals surface area contributed by atoms with Crippen molar-refractivity contribution in [2.75, 3.05) is 0 Å². The van der Waals surface area contributed by atoms with Gasteiger partial charge in [0.1, 0.15) is 0 Å². The third-order valence-electron chi connectivity index (χ3n) is 2.09. The van der Waals surface area contributed by atoms with Crippen LogP contribution in [0.2, 0.25) is 0 Å². The third-order valence-corrected chi connectivity index (χ3v) is 2.64. The van der Waals surface area contributed by atoms with Crippen molar-refractivity contribution in [1.29, 1.82) is 0 Å². The van der Waals surface area contributed by atoms with Crippen molar-refractivity contribution in [3.8, 4) is 0 Å². The Morgan fingerprint density at radius 3 is 2.28 bits per heavy atom. The van der Waals surface area contributed by atoms with Gasteiger partial charge in [0, 0.05) is 12.1 Å². The third kappa shape index (κ3) is 2.57. The first kappa shape index (κ1) is 12.3. The molecule has 2 rings (SSSR count). The Morgan fingerprint density at radius 1 is 1.22 bits per heavy atom. The van der Waals surface area contributed by atoms with Crippen LogP contribution in [0.25, 0.3) is 0 Å². The van der Waals surface area contributed by atoms with Crippen molar-refractivity contribution in [3.05, 3.63) is 49.5 Å². The summed E-state index contributed by atoms with van der Waals surface area (Å²) in [6, 6.07) is 5.98. The lowest BCUT2D eigenvalue weighted by molar-refractivity contribution is -0.384. The van der Waals surface area contributed by atoms with Crippen LogP contribution in [-0.4, -0.2) is 26.0 Å². The van der Waals surface area contributed by atoms with Crippen molar-refractivity contribution in [3.63, 3.8) is 0 Å². The number of nitrogens with zero attached hydrogens (tertiary/aromatic N) is 3. The number of aromatic nitrogens is 3. The molecular weight excluding hydrogens is 274 g/mol. The van der Waals surface area contributed by atoms with Gasteiger partial charge in [0.05, 0.1) is 11.1 Å². The van der Waals surface area contributed by atoms with E-state index in [0.29, 0.717) is 15.1 Å². The zero-order valence-electron chi connectivity index (χ0n) is 8.86. The van der Waals surface area contributed by atoms with Crippen LogP contribution in [-0.2, 0) is 0 Å². The highest BCUT2D eigenvalue weighted by Gasteiger charge is 2.02. The molecule has 0 aliphatic heterocycles. The van der Waals surface area contributed by atoms with Crippen LogP contribution in [0.15, 0.2) is 29.4 Å². The van der Waals surface area contributed by atoms with Gasteiger partial charge >= 0.3 is 0 Å². The largest absolute Gasteiger partial charge is 0.273 e. The molecule has 0 saturated carbocycles. The fraction of sp³-hybridized carbons (Fsp3) is 0. The van der Waals surface area contributed by atoms with Crippen LogP contribution in [0, 0.1) is 19.7 Å². The van der Waals surface area contributed by atoms with Gasteiger partial charge in [-0.15, -0.1) is 0 Å². The zero-order chi connectivity index (χ0) is 13.1. The molecule has 0 fully saturated rings. The fourth-order valence-corrected chi connectivity index (χ4v) is 1.65. The molecule has 0 atom stereocenters. The van der Waals surface area contributed by atoms with Crippen molar-refractivity contribution >= 4 is 36.3 Å². The van der Waals surface area contributed by atoms with Crippen molar-refractivity contribution in [1.82, 2.24) is 14.9 Å². The van der Waals surface area contributed by atoms with E-state index in [9.17, 15) is 10.1 Å². The summed E-state index contributed by atoms with van der Waals surface area (Å²) < 4.78 is 2.03. The number of aromatic amines is 2. The van der Waals surface area contributed by atoms with Crippen LogP contribution in [0.4, 0.5) is 5.69 Å². The maximum Gasteiger partial charge on any atom is 0.269 e. The van der Waals surface area contributed by atoms with E-state index in [4.69, 9.17) is 24.4 Å². The Kier molecular flexibility index (Phi) is 3.44. The smallest absolute Gasteiger partial charge is 0.269 e. The van der Waals surface area contributed by atoms with Gasteiger partial charge in [0.25, 0.3) is 5.69 Å². The molecular formula is C9H7N5O2S2. The summed E-state index contributed by atoms with van der Waals surface area (Å²) in [7, 11) is 0. The molecule has 1 aromatic heterocycles. The molecule has 92 valence electrons. The van der Waals surface area contributed by atoms with Crippen molar-refractivity contribution < 1.29 is 4.92 Å². The van der Waals surface area contributed by atoms with Gasteiger partial charge in [-0.25, -0.2) is 0 Å². The summed E-state index contributed by atoms with van der Waals surface area (Å²) in [5.74, 6) is 0. The molecule has 0 spiro atoms. The number of nitro benzene ring substituents is 1. The number of non-ortho nitro benzene ring substituents is 1. The molecule has 18 heavy (non-hydrogen) atoms. The second-order valence-electron chi connectivity index (χ2n) is 3.27. The van der Waals surface area contributed by atoms with Gasteiger partial charge in [-0.3, -0.25) is 20.3 Å². The van der Waals surface area contributed by atoms with E-state index in [1.165, 1.54) is 23.0 Å². The predicted octanol–water partition coefficient (Wildman–Crippen LogP) is 2.39. The first-order valence-corrected chi connectivity index (χ1v) is 5.58. The highest BCUT2D eigenvalue weighted by atomic mass is 32.1. The average Bonchev–Trinajstić information content (AvgIpc) is 2.67. The number of nitrogens with one attached hydrogen (secondary N) is 2. The van der Waals surface area contributed by atoms with Crippen LogP contribution < -0.4 is 0 Å². The number of rotatable bonds is 3.